The van der Waals surface area contributed by atoms with Gasteiger partial charge in [0.2, 0.25) is 0 Å². The van der Waals surface area contributed by atoms with E-state index in [9.17, 15) is 5.11 Å². The first-order chi connectivity index (χ1) is 9.56. The molecule has 122 valence electrons. The summed E-state index contributed by atoms with van der Waals surface area (Å²) in [7, 11) is -0.0956. The van der Waals surface area contributed by atoms with Crippen molar-refractivity contribution >= 4 is 7.12 Å². The molecule has 2 rings (SSSR count). The molecule has 0 aromatic rings. The predicted molar refractivity (Wildman–Crippen MR) is 84.3 cm³/mol. The Morgan fingerprint density at radius 1 is 1.05 bits per heavy atom. The van der Waals surface area contributed by atoms with E-state index in [-0.39, 0.29) is 31.0 Å². The summed E-state index contributed by atoms with van der Waals surface area (Å²) >= 11 is 0. The molecule has 0 radical (unpaired) electrons. The first kappa shape index (κ1) is 17.3. The minimum Gasteiger partial charge on any atom is -0.403 e. The smallest absolute Gasteiger partial charge is 0.403 e. The Morgan fingerprint density at radius 2 is 1.52 bits per heavy atom. The molecule has 5 heteroatoms. The lowest BCUT2D eigenvalue weighted by atomic mass is 9.64. The van der Waals surface area contributed by atoms with Crippen molar-refractivity contribution in [3.05, 3.63) is 0 Å². The van der Waals surface area contributed by atoms with Gasteiger partial charge in [0.1, 0.15) is 0 Å². The van der Waals surface area contributed by atoms with Gasteiger partial charge in [0.25, 0.3) is 0 Å². The molecule has 0 bridgehead atoms. The Morgan fingerprint density at radius 3 is 1.95 bits per heavy atom. The van der Waals surface area contributed by atoms with Crippen LogP contribution in [-0.2, 0) is 14.0 Å². The molecule has 0 unspecified atom stereocenters. The van der Waals surface area contributed by atoms with Crippen LogP contribution in [0.2, 0.25) is 5.82 Å². The number of aliphatic hydroxyl groups is 1. The second-order valence-corrected chi connectivity index (χ2v) is 8.20. The highest BCUT2D eigenvalue weighted by atomic mass is 16.7. The van der Waals surface area contributed by atoms with Crippen molar-refractivity contribution in [1.82, 2.24) is 0 Å². The molecular formula is C16H31BO4. The zero-order valence-corrected chi connectivity index (χ0v) is 14.4. The van der Waals surface area contributed by atoms with E-state index in [1.54, 1.807) is 0 Å². The summed E-state index contributed by atoms with van der Waals surface area (Å²) in [5.41, 5.74) is -0.935. The van der Waals surface area contributed by atoms with E-state index >= 15 is 0 Å². The lowest BCUT2D eigenvalue weighted by molar-refractivity contribution is -0.108. The molecule has 0 spiro atoms. The molecular weight excluding hydrogens is 267 g/mol. The fourth-order valence-corrected chi connectivity index (χ4v) is 3.05. The number of ether oxygens (including phenoxy) is 1. The molecule has 0 atom stereocenters. The van der Waals surface area contributed by atoms with Crippen molar-refractivity contribution in [2.45, 2.75) is 96.0 Å². The molecule has 0 aromatic carbocycles. The van der Waals surface area contributed by atoms with Gasteiger partial charge in [-0.25, -0.2) is 0 Å². The van der Waals surface area contributed by atoms with Gasteiger partial charge in [-0.2, -0.15) is 0 Å². The van der Waals surface area contributed by atoms with E-state index in [2.05, 4.69) is 27.7 Å². The van der Waals surface area contributed by atoms with Gasteiger partial charge in [-0.05, 0) is 73.0 Å². The lowest BCUT2D eigenvalue weighted by Gasteiger charge is -2.34. The highest BCUT2D eigenvalue weighted by molar-refractivity contribution is 6.47. The molecule has 21 heavy (non-hydrogen) atoms. The zero-order valence-electron chi connectivity index (χ0n) is 14.4. The molecule has 1 N–H and O–H groups in total. The number of hydrogen-bond acceptors (Lipinski definition) is 4. The van der Waals surface area contributed by atoms with E-state index in [0.717, 1.165) is 25.7 Å². The van der Waals surface area contributed by atoms with Gasteiger partial charge < -0.3 is 19.2 Å². The molecule has 2 fully saturated rings. The molecule has 1 aliphatic carbocycles. The normalized spacial score (nSPS) is 32.4. The molecule has 0 aromatic heterocycles. The van der Waals surface area contributed by atoms with Crippen LogP contribution in [-0.4, -0.2) is 41.7 Å². The van der Waals surface area contributed by atoms with E-state index in [1.165, 1.54) is 0 Å². The van der Waals surface area contributed by atoms with E-state index in [4.69, 9.17) is 14.0 Å². The number of hydrogen-bond donors (Lipinski definition) is 1. The molecule has 1 saturated heterocycles. The van der Waals surface area contributed by atoms with Gasteiger partial charge >= 0.3 is 7.12 Å². The van der Waals surface area contributed by atoms with Gasteiger partial charge in [-0.1, -0.05) is 0 Å². The minimum absolute atomic E-state index is 0.0597. The van der Waals surface area contributed by atoms with Gasteiger partial charge in [0.05, 0.1) is 29.5 Å². The molecule has 1 aliphatic heterocycles. The third-order valence-corrected chi connectivity index (χ3v) is 5.24. The average Bonchev–Trinajstić information content (AvgIpc) is 2.59. The Kier molecular flexibility index (Phi) is 4.80. The van der Waals surface area contributed by atoms with Crippen molar-refractivity contribution in [1.29, 1.82) is 0 Å². The molecule has 4 nitrogen and oxygen atoms in total. The maximum Gasteiger partial charge on any atom is 0.461 e. The fraction of sp³-hybridized carbons (Fsp3) is 1.00. The van der Waals surface area contributed by atoms with Gasteiger partial charge in [-0.15, -0.1) is 0 Å². The lowest BCUT2D eigenvalue weighted by Crippen LogP contribution is -2.41. The zero-order chi connectivity index (χ0) is 15.9. The van der Waals surface area contributed by atoms with E-state index in [0.29, 0.717) is 5.82 Å². The summed E-state index contributed by atoms with van der Waals surface area (Å²) < 4.78 is 18.3. The Balaban J connectivity index is 1.85. The maximum absolute atomic E-state index is 9.30. The third kappa shape index (κ3) is 3.81. The van der Waals surface area contributed by atoms with Crippen LogP contribution < -0.4 is 0 Å². The summed E-state index contributed by atoms with van der Waals surface area (Å²) in [4.78, 5) is 0. The third-order valence-electron chi connectivity index (χ3n) is 5.24. The molecule has 0 amide bonds. The first-order valence-electron chi connectivity index (χ1n) is 8.21. The minimum atomic E-state index is -0.443. The monoisotopic (exact) mass is 298 g/mol. The largest absolute Gasteiger partial charge is 0.461 e. The summed E-state index contributed by atoms with van der Waals surface area (Å²) in [6.07, 6.45) is 4.38. The second kappa shape index (κ2) is 5.84. The quantitative estimate of drug-likeness (QED) is 0.810. The summed E-state index contributed by atoms with van der Waals surface area (Å²) in [6, 6.07) is 0. The number of aliphatic hydroxyl groups excluding tert-OH is 1. The van der Waals surface area contributed by atoms with Crippen molar-refractivity contribution in [3.63, 3.8) is 0 Å². The van der Waals surface area contributed by atoms with Crippen molar-refractivity contribution in [3.8, 4) is 0 Å². The van der Waals surface area contributed by atoms with Crippen LogP contribution in [0.1, 0.15) is 67.2 Å². The van der Waals surface area contributed by atoms with Crippen LogP contribution in [0.15, 0.2) is 0 Å². The number of rotatable bonds is 4. The Bertz CT molecular complexity index is 343. The van der Waals surface area contributed by atoms with Crippen LogP contribution in [0.3, 0.4) is 0 Å². The van der Waals surface area contributed by atoms with Gasteiger partial charge in [0.15, 0.2) is 0 Å². The Hall–Kier alpha value is -0.0951. The summed E-state index contributed by atoms with van der Waals surface area (Å²) in [5.74, 6) is 0.447. The standard InChI is InChI=1S/C16H31BO4/c1-14(2,11-18)19-13-9-7-12(8-10-13)17-20-15(3,4)16(5,6)21-17/h12-13,18H,7-11H2,1-6H3. The highest BCUT2D eigenvalue weighted by Gasteiger charge is 2.53. The van der Waals surface area contributed by atoms with Gasteiger partial charge in [-0.3, -0.25) is 0 Å². The van der Waals surface area contributed by atoms with Crippen LogP contribution in [0.25, 0.3) is 0 Å². The first-order valence-corrected chi connectivity index (χ1v) is 8.21. The van der Waals surface area contributed by atoms with Gasteiger partial charge in [0, 0.05) is 0 Å². The predicted octanol–water partition coefficient (Wildman–Crippen LogP) is 3.18. The van der Waals surface area contributed by atoms with Crippen LogP contribution >= 0.6 is 0 Å². The van der Waals surface area contributed by atoms with E-state index in [1.807, 2.05) is 13.8 Å². The topological polar surface area (TPSA) is 47.9 Å². The molecule has 1 saturated carbocycles. The van der Waals surface area contributed by atoms with Crippen molar-refractivity contribution in [2.75, 3.05) is 6.61 Å². The second-order valence-electron chi connectivity index (χ2n) is 8.20. The molecule has 1 heterocycles. The summed E-state index contributed by atoms with van der Waals surface area (Å²) in [6.45, 7) is 12.3. The molecule has 2 aliphatic rings. The van der Waals surface area contributed by atoms with Crippen LogP contribution in [0.4, 0.5) is 0 Å². The van der Waals surface area contributed by atoms with Crippen LogP contribution in [0.5, 0.6) is 0 Å². The fourth-order valence-electron chi connectivity index (χ4n) is 3.05. The maximum atomic E-state index is 9.30. The van der Waals surface area contributed by atoms with E-state index < -0.39 is 5.60 Å². The SMILES string of the molecule is CC(C)(CO)OC1CCC(B2OC(C)(C)C(C)(C)O2)CC1. The summed E-state index contributed by atoms with van der Waals surface area (Å²) in [5, 5.41) is 9.30. The average molecular weight is 298 g/mol. The van der Waals surface area contributed by atoms with Crippen molar-refractivity contribution < 1.29 is 19.2 Å². The van der Waals surface area contributed by atoms with Crippen molar-refractivity contribution in [2.24, 2.45) is 0 Å². The van der Waals surface area contributed by atoms with Crippen LogP contribution in [0, 0.1) is 0 Å². The highest BCUT2D eigenvalue weighted by Crippen LogP contribution is 2.44. The Labute approximate surface area is 129 Å².